The SMILES string of the molecule is CN(C)CCCOc1cc(-c2nc(C(=O)NC3(C(=O)O)CCC(O)CC3)ccc2-c2ccccc2Cl)ccc1Cl. The van der Waals surface area contributed by atoms with Crippen molar-refractivity contribution >= 4 is 35.1 Å². The molecule has 40 heavy (non-hydrogen) atoms. The summed E-state index contributed by atoms with van der Waals surface area (Å²) in [5, 5.41) is 23.5. The molecule has 4 rings (SSSR count). The van der Waals surface area contributed by atoms with E-state index in [-0.39, 0.29) is 18.5 Å². The summed E-state index contributed by atoms with van der Waals surface area (Å²) in [5.74, 6) is -1.25. The molecule has 0 saturated heterocycles. The molecular formula is C30H33Cl2N3O5. The number of rotatable bonds is 10. The second-order valence-electron chi connectivity index (χ2n) is 10.3. The van der Waals surface area contributed by atoms with Crippen LogP contribution in [0.3, 0.4) is 0 Å². The Hall–Kier alpha value is -3.17. The van der Waals surface area contributed by atoms with Crippen molar-refractivity contribution in [3.05, 3.63) is 70.3 Å². The van der Waals surface area contributed by atoms with Crippen LogP contribution in [0.4, 0.5) is 0 Å². The first-order valence-corrected chi connectivity index (χ1v) is 13.9. The number of carboxylic acid groups (broad SMARTS) is 1. The largest absolute Gasteiger partial charge is 0.492 e. The molecular weight excluding hydrogens is 553 g/mol. The molecule has 0 aliphatic heterocycles. The monoisotopic (exact) mass is 585 g/mol. The molecule has 3 N–H and O–H groups in total. The number of carboxylic acids is 1. The fourth-order valence-corrected chi connectivity index (χ4v) is 5.21. The van der Waals surface area contributed by atoms with E-state index in [0.717, 1.165) is 18.5 Å². The quantitative estimate of drug-likeness (QED) is 0.268. The van der Waals surface area contributed by atoms with Gasteiger partial charge in [-0.15, -0.1) is 0 Å². The van der Waals surface area contributed by atoms with Gasteiger partial charge >= 0.3 is 5.97 Å². The third kappa shape index (κ3) is 6.93. The van der Waals surface area contributed by atoms with Crippen LogP contribution in [0.15, 0.2) is 54.6 Å². The molecule has 0 bridgehead atoms. The Morgan fingerprint density at radius 2 is 1.77 bits per heavy atom. The summed E-state index contributed by atoms with van der Waals surface area (Å²) in [4.78, 5) is 32.3. The number of hydrogen-bond acceptors (Lipinski definition) is 6. The Balaban J connectivity index is 1.72. The smallest absolute Gasteiger partial charge is 0.329 e. The molecule has 212 valence electrons. The van der Waals surface area contributed by atoms with Crippen molar-refractivity contribution in [1.82, 2.24) is 15.2 Å². The Kier molecular flexibility index (Phi) is 9.68. The van der Waals surface area contributed by atoms with Gasteiger partial charge in [-0.2, -0.15) is 0 Å². The number of pyridine rings is 1. The van der Waals surface area contributed by atoms with E-state index in [4.69, 9.17) is 32.9 Å². The maximum Gasteiger partial charge on any atom is 0.329 e. The fourth-order valence-electron chi connectivity index (χ4n) is 4.80. The highest BCUT2D eigenvalue weighted by atomic mass is 35.5. The highest BCUT2D eigenvalue weighted by Crippen LogP contribution is 2.38. The first-order valence-electron chi connectivity index (χ1n) is 13.2. The van der Waals surface area contributed by atoms with Gasteiger partial charge in [0.2, 0.25) is 0 Å². The van der Waals surface area contributed by atoms with Crippen molar-refractivity contribution in [2.45, 2.75) is 43.7 Å². The Morgan fingerprint density at radius 3 is 2.45 bits per heavy atom. The first kappa shape index (κ1) is 29.8. The normalized spacial score (nSPS) is 18.9. The number of aliphatic carboxylic acids is 1. The molecule has 1 saturated carbocycles. The number of nitrogens with zero attached hydrogens (tertiary/aromatic N) is 2. The summed E-state index contributed by atoms with van der Waals surface area (Å²) in [6.07, 6.45) is 1.08. The highest BCUT2D eigenvalue weighted by molar-refractivity contribution is 6.33. The number of carbonyl (C=O) groups excluding carboxylic acids is 1. The predicted molar refractivity (Wildman–Crippen MR) is 156 cm³/mol. The molecule has 8 nitrogen and oxygen atoms in total. The van der Waals surface area contributed by atoms with Crippen LogP contribution >= 0.6 is 23.2 Å². The molecule has 1 aliphatic rings. The van der Waals surface area contributed by atoms with E-state index in [1.54, 1.807) is 36.4 Å². The number of carbonyl (C=O) groups is 2. The molecule has 10 heteroatoms. The van der Waals surface area contributed by atoms with E-state index < -0.39 is 23.5 Å². The van der Waals surface area contributed by atoms with E-state index >= 15 is 0 Å². The van der Waals surface area contributed by atoms with Crippen molar-refractivity contribution in [1.29, 1.82) is 0 Å². The van der Waals surface area contributed by atoms with Gasteiger partial charge in [0.05, 0.1) is 23.4 Å². The van der Waals surface area contributed by atoms with Crippen LogP contribution in [-0.2, 0) is 4.79 Å². The molecule has 3 aromatic rings. The van der Waals surface area contributed by atoms with E-state index in [2.05, 4.69) is 10.2 Å². The van der Waals surface area contributed by atoms with Gasteiger partial charge in [-0.1, -0.05) is 47.5 Å². The number of hydrogen-bond donors (Lipinski definition) is 3. The number of aromatic nitrogens is 1. The number of aliphatic hydroxyl groups excluding tert-OH is 1. The second kappa shape index (κ2) is 13.0. The standard InChI is InChI=1S/C30H33Cl2N3O5/c1-35(2)16-5-17-40-26-18-19(8-10-24(26)32)27-22(21-6-3-4-7-23(21)31)9-11-25(33-27)28(37)34-30(29(38)39)14-12-20(36)13-15-30/h3-4,6-11,18,20,36H,5,12-17H2,1-2H3,(H,34,37)(H,38,39). The van der Waals surface area contributed by atoms with Gasteiger partial charge in [-0.25, -0.2) is 9.78 Å². The molecule has 0 spiro atoms. The number of nitrogens with one attached hydrogen (secondary N) is 1. The van der Waals surface area contributed by atoms with E-state index in [0.29, 0.717) is 52.1 Å². The number of halogens is 2. The summed E-state index contributed by atoms with van der Waals surface area (Å²) in [5.41, 5.74) is 1.14. The lowest BCUT2D eigenvalue weighted by Crippen LogP contribution is -2.57. The zero-order valence-corrected chi connectivity index (χ0v) is 24.0. The van der Waals surface area contributed by atoms with Gasteiger partial charge in [0.1, 0.15) is 17.0 Å². The highest BCUT2D eigenvalue weighted by Gasteiger charge is 2.43. The Labute approximate surface area is 243 Å². The third-order valence-corrected chi connectivity index (χ3v) is 7.72. The lowest BCUT2D eigenvalue weighted by Gasteiger charge is -2.35. The van der Waals surface area contributed by atoms with Gasteiger partial charge in [0.15, 0.2) is 0 Å². The summed E-state index contributed by atoms with van der Waals surface area (Å²) >= 11 is 13.0. The summed E-state index contributed by atoms with van der Waals surface area (Å²) in [7, 11) is 3.99. The Bertz CT molecular complexity index is 1370. The molecule has 1 amide bonds. The second-order valence-corrected chi connectivity index (χ2v) is 11.1. The van der Waals surface area contributed by atoms with Gasteiger partial charge < -0.3 is 25.2 Å². The fraction of sp³-hybridized carbons (Fsp3) is 0.367. The third-order valence-electron chi connectivity index (χ3n) is 7.07. The Morgan fingerprint density at radius 1 is 1.05 bits per heavy atom. The minimum Gasteiger partial charge on any atom is -0.492 e. The molecule has 2 aromatic carbocycles. The van der Waals surface area contributed by atoms with Crippen molar-refractivity contribution in [2.75, 3.05) is 27.2 Å². The maximum atomic E-state index is 13.4. The van der Waals surface area contributed by atoms with Gasteiger partial charge in [0.25, 0.3) is 5.91 Å². The summed E-state index contributed by atoms with van der Waals surface area (Å²) in [6, 6.07) is 15.9. The van der Waals surface area contributed by atoms with Gasteiger partial charge in [-0.3, -0.25) is 4.79 Å². The molecule has 1 fully saturated rings. The summed E-state index contributed by atoms with van der Waals surface area (Å²) < 4.78 is 5.97. The van der Waals surface area contributed by atoms with Crippen LogP contribution in [0.2, 0.25) is 10.0 Å². The van der Waals surface area contributed by atoms with Crippen LogP contribution in [0.5, 0.6) is 5.75 Å². The summed E-state index contributed by atoms with van der Waals surface area (Å²) in [6.45, 7) is 1.34. The zero-order chi connectivity index (χ0) is 28.9. The average Bonchev–Trinajstić information content (AvgIpc) is 2.93. The van der Waals surface area contributed by atoms with Crippen molar-refractivity contribution in [2.24, 2.45) is 0 Å². The van der Waals surface area contributed by atoms with Gasteiger partial charge in [-0.05, 0) is 76.5 Å². The maximum absolute atomic E-state index is 13.4. The predicted octanol–water partition coefficient (Wildman–Crippen LogP) is 5.54. The van der Waals surface area contributed by atoms with Crippen LogP contribution in [0, 0.1) is 0 Å². The molecule has 0 unspecified atom stereocenters. The minimum absolute atomic E-state index is 0.0564. The van der Waals surface area contributed by atoms with E-state index in [9.17, 15) is 19.8 Å². The first-order chi connectivity index (χ1) is 19.1. The number of ether oxygens (including phenoxy) is 1. The molecule has 0 radical (unpaired) electrons. The topological polar surface area (TPSA) is 112 Å². The lowest BCUT2D eigenvalue weighted by molar-refractivity contribution is -0.146. The van der Waals surface area contributed by atoms with Crippen LogP contribution in [-0.4, -0.2) is 70.9 Å². The molecule has 0 atom stereocenters. The van der Waals surface area contributed by atoms with Crippen molar-refractivity contribution in [3.8, 4) is 28.1 Å². The number of benzene rings is 2. The van der Waals surface area contributed by atoms with Crippen LogP contribution in [0.1, 0.15) is 42.6 Å². The minimum atomic E-state index is -1.46. The number of aliphatic hydroxyl groups is 1. The van der Waals surface area contributed by atoms with Crippen molar-refractivity contribution < 1.29 is 24.5 Å². The van der Waals surface area contributed by atoms with Crippen molar-refractivity contribution in [3.63, 3.8) is 0 Å². The van der Waals surface area contributed by atoms with Gasteiger partial charge in [0, 0.05) is 28.3 Å². The molecule has 1 heterocycles. The van der Waals surface area contributed by atoms with Crippen LogP contribution < -0.4 is 10.1 Å². The van der Waals surface area contributed by atoms with E-state index in [1.807, 2.05) is 32.3 Å². The van der Waals surface area contributed by atoms with E-state index in [1.165, 1.54) is 0 Å². The zero-order valence-electron chi connectivity index (χ0n) is 22.5. The average molecular weight is 587 g/mol. The lowest BCUT2D eigenvalue weighted by atomic mass is 9.80. The van der Waals surface area contributed by atoms with Crippen LogP contribution in [0.25, 0.3) is 22.4 Å². The number of amides is 1. The molecule has 1 aromatic heterocycles. The molecule has 1 aliphatic carbocycles.